The van der Waals surface area contributed by atoms with Crippen LogP contribution >= 0.6 is 0 Å². The smallest absolute Gasteiger partial charge is 0.300 e. The summed E-state index contributed by atoms with van der Waals surface area (Å²) >= 11 is 0. The molecule has 0 spiro atoms. The van der Waals surface area contributed by atoms with Crippen LogP contribution in [0.15, 0.2) is 72.3 Å². The highest BCUT2D eigenvalue weighted by atomic mass is 16.7. The molecular formula is C26H21NO7. The zero-order valence-electron chi connectivity index (χ0n) is 18.5. The van der Waals surface area contributed by atoms with Crippen LogP contribution in [0.25, 0.3) is 5.76 Å². The molecule has 1 atom stereocenters. The van der Waals surface area contributed by atoms with Crippen molar-refractivity contribution in [3.8, 4) is 23.0 Å². The quantitative estimate of drug-likeness (QED) is 0.349. The molecule has 2 aliphatic rings. The molecule has 0 aliphatic carbocycles. The van der Waals surface area contributed by atoms with E-state index in [1.165, 1.54) is 19.1 Å². The Morgan fingerprint density at radius 2 is 1.59 bits per heavy atom. The Balaban J connectivity index is 1.75. The first-order valence-corrected chi connectivity index (χ1v) is 10.5. The summed E-state index contributed by atoms with van der Waals surface area (Å²) in [6.07, 6.45) is 0. The minimum atomic E-state index is -0.892. The number of ketones is 1. The average molecular weight is 459 g/mol. The molecular weight excluding hydrogens is 438 g/mol. The van der Waals surface area contributed by atoms with Crippen LogP contribution in [0.3, 0.4) is 0 Å². The number of rotatable bonds is 5. The SMILES string of the molecule is COc1cccc(OC)c1/C(O)=C1\C(=O)C(=O)N(c2ccc3c(c2)OCO3)C1c1ccccc1. The molecule has 1 N–H and O–H groups in total. The lowest BCUT2D eigenvalue weighted by atomic mass is 9.94. The van der Waals surface area contributed by atoms with Gasteiger partial charge in [0.1, 0.15) is 22.8 Å². The number of hydrogen-bond donors (Lipinski definition) is 1. The molecule has 0 radical (unpaired) electrons. The molecule has 34 heavy (non-hydrogen) atoms. The fraction of sp³-hybridized carbons (Fsp3) is 0.154. The van der Waals surface area contributed by atoms with Gasteiger partial charge in [-0.15, -0.1) is 0 Å². The number of hydrogen-bond acceptors (Lipinski definition) is 7. The summed E-state index contributed by atoms with van der Waals surface area (Å²) in [5, 5.41) is 11.5. The van der Waals surface area contributed by atoms with E-state index in [9.17, 15) is 14.7 Å². The van der Waals surface area contributed by atoms with Gasteiger partial charge in [-0.05, 0) is 29.8 Å². The van der Waals surface area contributed by atoms with Crippen LogP contribution < -0.4 is 23.8 Å². The van der Waals surface area contributed by atoms with Crippen molar-refractivity contribution < 1.29 is 33.6 Å². The summed E-state index contributed by atoms with van der Waals surface area (Å²) in [6.45, 7) is 0.0767. The molecule has 1 unspecified atom stereocenters. The highest BCUT2D eigenvalue weighted by Gasteiger charge is 2.47. The monoisotopic (exact) mass is 459 g/mol. The van der Waals surface area contributed by atoms with Crippen LogP contribution in [0.1, 0.15) is 17.2 Å². The summed E-state index contributed by atoms with van der Waals surface area (Å²) < 4.78 is 21.7. The molecule has 3 aromatic carbocycles. The molecule has 5 rings (SSSR count). The molecule has 1 fully saturated rings. The Morgan fingerprint density at radius 3 is 2.26 bits per heavy atom. The van der Waals surface area contributed by atoms with Gasteiger partial charge in [-0.2, -0.15) is 0 Å². The lowest BCUT2D eigenvalue weighted by Gasteiger charge is -2.26. The van der Waals surface area contributed by atoms with Crippen molar-refractivity contribution >= 4 is 23.1 Å². The highest BCUT2D eigenvalue weighted by molar-refractivity contribution is 6.51. The van der Waals surface area contributed by atoms with E-state index < -0.39 is 17.7 Å². The van der Waals surface area contributed by atoms with Gasteiger partial charge in [0.25, 0.3) is 11.7 Å². The van der Waals surface area contributed by atoms with Gasteiger partial charge in [0.2, 0.25) is 6.79 Å². The standard InChI is InChI=1S/C26H21NO7/c1-31-18-9-6-10-19(32-2)21(18)24(28)22-23(15-7-4-3-5-8-15)27(26(30)25(22)29)16-11-12-17-20(13-16)34-14-33-17/h3-13,23,28H,14H2,1-2H3/b24-22+. The molecule has 0 bridgehead atoms. The largest absolute Gasteiger partial charge is 0.506 e. The van der Waals surface area contributed by atoms with Gasteiger partial charge in [-0.25, -0.2) is 0 Å². The Morgan fingerprint density at radius 1 is 0.912 bits per heavy atom. The number of nitrogens with zero attached hydrogens (tertiary/aromatic N) is 1. The maximum Gasteiger partial charge on any atom is 0.300 e. The predicted octanol–water partition coefficient (Wildman–Crippen LogP) is 4.06. The second-order valence-corrected chi connectivity index (χ2v) is 7.65. The van der Waals surface area contributed by atoms with Crippen LogP contribution in [-0.4, -0.2) is 37.8 Å². The van der Waals surface area contributed by atoms with Crippen molar-refractivity contribution in [1.82, 2.24) is 0 Å². The maximum atomic E-state index is 13.4. The Hall–Kier alpha value is -4.46. The first-order chi connectivity index (χ1) is 16.5. The number of anilines is 1. The van der Waals surface area contributed by atoms with E-state index in [0.29, 0.717) is 34.2 Å². The zero-order valence-corrected chi connectivity index (χ0v) is 18.5. The van der Waals surface area contributed by atoms with E-state index in [1.807, 2.05) is 6.07 Å². The molecule has 2 heterocycles. The second-order valence-electron chi connectivity index (χ2n) is 7.65. The number of methoxy groups -OCH3 is 2. The molecule has 0 saturated carbocycles. The zero-order chi connectivity index (χ0) is 23.8. The van der Waals surface area contributed by atoms with Gasteiger partial charge in [0, 0.05) is 11.8 Å². The summed E-state index contributed by atoms with van der Waals surface area (Å²) in [7, 11) is 2.90. The van der Waals surface area contributed by atoms with Gasteiger partial charge in [0.05, 0.1) is 25.8 Å². The predicted molar refractivity (Wildman–Crippen MR) is 123 cm³/mol. The van der Waals surface area contributed by atoms with Crippen LogP contribution in [0.5, 0.6) is 23.0 Å². The van der Waals surface area contributed by atoms with E-state index in [-0.39, 0.29) is 23.7 Å². The number of aliphatic hydroxyl groups excluding tert-OH is 1. The molecule has 0 aromatic heterocycles. The molecule has 172 valence electrons. The number of ether oxygens (including phenoxy) is 4. The minimum absolute atomic E-state index is 0.0725. The Labute approximate surface area is 195 Å². The Bertz CT molecular complexity index is 1290. The first kappa shape index (κ1) is 21.4. The van der Waals surface area contributed by atoms with Crippen LogP contribution in [-0.2, 0) is 9.59 Å². The van der Waals surface area contributed by atoms with Crippen LogP contribution in [0.4, 0.5) is 5.69 Å². The third-order valence-electron chi connectivity index (χ3n) is 5.86. The summed E-state index contributed by atoms with van der Waals surface area (Å²) in [5.41, 5.74) is 1.20. The van der Waals surface area contributed by atoms with Crippen molar-refractivity contribution in [2.75, 3.05) is 25.9 Å². The summed E-state index contributed by atoms with van der Waals surface area (Å²) in [6, 6.07) is 18.1. The first-order valence-electron chi connectivity index (χ1n) is 10.5. The van der Waals surface area contributed by atoms with Crippen LogP contribution in [0.2, 0.25) is 0 Å². The Kier molecular flexibility index (Phi) is 5.33. The minimum Gasteiger partial charge on any atom is -0.506 e. The molecule has 1 saturated heterocycles. The van der Waals surface area contributed by atoms with Gasteiger partial charge in [-0.1, -0.05) is 36.4 Å². The van der Waals surface area contributed by atoms with Crippen molar-refractivity contribution in [2.24, 2.45) is 0 Å². The molecule has 3 aromatic rings. The number of fused-ring (bicyclic) bond motifs is 1. The number of Topliss-reactive ketones (excluding diaryl/α,β-unsaturated/α-hetero) is 1. The van der Waals surface area contributed by atoms with Crippen molar-refractivity contribution in [2.45, 2.75) is 6.04 Å². The van der Waals surface area contributed by atoms with Crippen LogP contribution in [0, 0.1) is 0 Å². The molecule has 1 amide bonds. The van der Waals surface area contributed by atoms with Gasteiger partial charge in [0.15, 0.2) is 11.5 Å². The highest BCUT2D eigenvalue weighted by Crippen LogP contribution is 2.46. The number of benzene rings is 3. The van der Waals surface area contributed by atoms with Crippen molar-refractivity contribution in [3.05, 3.63) is 83.4 Å². The second kappa shape index (κ2) is 8.47. The van der Waals surface area contributed by atoms with Gasteiger partial charge < -0.3 is 24.1 Å². The van der Waals surface area contributed by atoms with Gasteiger partial charge >= 0.3 is 0 Å². The van der Waals surface area contributed by atoms with E-state index in [0.717, 1.165) is 0 Å². The van der Waals surface area contributed by atoms with Crippen molar-refractivity contribution in [3.63, 3.8) is 0 Å². The molecule has 8 heteroatoms. The topological polar surface area (TPSA) is 94.5 Å². The lowest BCUT2D eigenvalue weighted by Crippen LogP contribution is -2.29. The third kappa shape index (κ3) is 3.31. The number of aliphatic hydroxyl groups is 1. The van der Waals surface area contributed by atoms with Gasteiger partial charge in [-0.3, -0.25) is 14.5 Å². The maximum absolute atomic E-state index is 13.4. The fourth-order valence-electron chi connectivity index (χ4n) is 4.30. The average Bonchev–Trinajstić information content (AvgIpc) is 3.45. The fourth-order valence-corrected chi connectivity index (χ4v) is 4.30. The summed E-state index contributed by atoms with van der Waals surface area (Å²) in [4.78, 5) is 28.1. The number of amides is 1. The van der Waals surface area contributed by atoms with Crippen molar-refractivity contribution in [1.29, 1.82) is 0 Å². The van der Waals surface area contributed by atoms with E-state index in [2.05, 4.69) is 0 Å². The number of carbonyl (C=O) groups excluding carboxylic acids is 2. The third-order valence-corrected chi connectivity index (χ3v) is 5.86. The normalized spacial score (nSPS) is 18.3. The molecule has 8 nitrogen and oxygen atoms in total. The summed E-state index contributed by atoms with van der Waals surface area (Å²) in [5.74, 6) is -0.353. The number of carbonyl (C=O) groups is 2. The lowest BCUT2D eigenvalue weighted by molar-refractivity contribution is -0.132. The molecule has 2 aliphatic heterocycles. The van der Waals surface area contributed by atoms with E-state index >= 15 is 0 Å². The van der Waals surface area contributed by atoms with E-state index in [1.54, 1.807) is 60.7 Å². The van der Waals surface area contributed by atoms with E-state index in [4.69, 9.17) is 18.9 Å².